The molecule has 3 nitrogen and oxygen atoms in total. The van der Waals surface area contributed by atoms with Gasteiger partial charge < -0.3 is 5.32 Å². The minimum Gasteiger partial charge on any atom is -0.381 e. The van der Waals surface area contributed by atoms with E-state index in [1.54, 1.807) is 6.07 Å². The van der Waals surface area contributed by atoms with Crippen molar-refractivity contribution in [3.8, 4) is 6.07 Å². The normalized spacial score (nSPS) is 26.7. The van der Waals surface area contributed by atoms with E-state index in [0.717, 1.165) is 5.69 Å². The monoisotopic (exact) mass is 275 g/mol. The van der Waals surface area contributed by atoms with Crippen LogP contribution in [0.3, 0.4) is 0 Å². The third-order valence-corrected chi connectivity index (χ3v) is 4.61. The van der Waals surface area contributed by atoms with Crippen molar-refractivity contribution in [1.29, 1.82) is 5.26 Å². The Morgan fingerprint density at radius 3 is 2.95 bits per heavy atom. The van der Waals surface area contributed by atoms with Crippen LogP contribution in [-0.2, 0) is 0 Å². The Morgan fingerprint density at radius 2 is 2.16 bits per heavy atom. The zero-order valence-corrected chi connectivity index (χ0v) is 11.7. The lowest BCUT2D eigenvalue weighted by Gasteiger charge is -2.33. The number of nitriles is 1. The van der Waals surface area contributed by atoms with Crippen LogP contribution in [0.5, 0.6) is 0 Å². The van der Waals surface area contributed by atoms with Gasteiger partial charge in [0.05, 0.1) is 10.6 Å². The molecule has 2 heterocycles. The van der Waals surface area contributed by atoms with Crippen LogP contribution in [0.15, 0.2) is 18.2 Å². The van der Waals surface area contributed by atoms with E-state index in [1.165, 1.54) is 38.8 Å². The predicted molar refractivity (Wildman–Crippen MR) is 77.4 cm³/mol. The van der Waals surface area contributed by atoms with Crippen LogP contribution in [-0.4, -0.2) is 30.1 Å². The van der Waals surface area contributed by atoms with E-state index >= 15 is 0 Å². The molecule has 2 atom stereocenters. The van der Waals surface area contributed by atoms with Crippen molar-refractivity contribution in [2.45, 2.75) is 37.8 Å². The minimum absolute atomic E-state index is 0.518. The minimum atomic E-state index is 0.518. The third kappa shape index (κ3) is 2.56. The van der Waals surface area contributed by atoms with E-state index in [1.807, 2.05) is 12.1 Å². The van der Waals surface area contributed by atoms with Gasteiger partial charge in [-0.25, -0.2) is 0 Å². The molecule has 3 rings (SSSR count). The van der Waals surface area contributed by atoms with Gasteiger partial charge in [-0.3, -0.25) is 4.90 Å². The summed E-state index contributed by atoms with van der Waals surface area (Å²) in [6.45, 7) is 2.45. The summed E-state index contributed by atoms with van der Waals surface area (Å²) < 4.78 is 0. The molecule has 0 spiro atoms. The predicted octanol–water partition coefficient (Wildman–Crippen LogP) is 3.25. The highest BCUT2D eigenvalue weighted by molar-refractivity contribution is 6.32. The fourth-order valence-electron chi connectivity index (χ4n) is 3.33. The van der Waals surface area contributed by atoms with Gasteiger partial charge in [0.25, 0.3) is 0 Å². The van der Waals surface area contributed by atoms with Crippen molar-refractivity contribution >= 4 is 17.3 Å². The number of hydrogen-bond donors (Lipinski definition) is 1. The second-order valence-electron chi connectivity index (χ2n) is 5.45. The lowest BCUT2D eigenvalue weighted by atomic mass is 9.99. The zero-order valence-electron chi connectivity index (χ0n) is 10.9. The van der Waals surface area contributed by atoms with Crippen molar-refractivity contribution in [2.75, 3.05) is 18.4 Å². The third-order valence-electron chi connectivity index (χ3n) is 4.30. The van der Waals surface area contributed by atoms with Gasteiger partial charge in [0.2, 0.25) is 0 Å². The smallest absolute Gasteiger partial charge is 0.101 e. The average Bonchev–Trinajstić information content (AvgIpc) is 2.83. The molecule has 2 fully saturated rings. The molecule has 2 saturated heterocycles. The molecule has 0 radical (unpaired) electrons. The van der Waals surface area contributed by atoms with E-state index in [-0.39, 0.29) is 0 Å². The second kappa shape index (κ2) is 5.40. The Kier molecular flexibility index (Phi) is 3.63. The summed E-state index contributed by atoms with van der Waals surface area (Å²) in [7, 11) is 0. The summed E-state index contributed by atoms with van der Waals surface area (Å²) in [6, 6.07) is 8.89. The lowest BCUT2D eigenvalue weighted by Crippen LogP contribution is -2.41. The van der Waals surface area contributed by atoms with Crippen molar-refractivity contribution in [1.82, 2.24) is 4.90 Å². The molecule has 0 bridgehead atoms. The molecule has 4 heteroatoms. The number of nitrogens with zero attached hydrogens (tertiary/aromatic N) is 2. The van der Waals surface area contributed by atoms with Crippen LogP contribution in [0, 0.1) is 11.3 Å². The fourth-order valence-corrected chi connectivity index (χ4v) is 3.55. The molecule has 1 N–H and O–H groups in total. The summed E-state index contributed by atoms with van der Waals surface area (Å²) in [5.74, 6) is 0. The van der Waals surface area contributed by atoms with Gasteiger partial charge in [-0.2, -0.15) is 5.26 Å². The van der Waals surface area contributed by atoms with E-state index in [4.69, 9.17) is 16.9 Å². The van der Waals surface area contributed by atoms with Crippen molar-refractivity contribution in [3.05, 3.63) is 28.8 Å². The highest BCUT2D eigenvalue weighted by Crippen LogP contribution is 2.30. The Bertz CT molecular complexity index is 509. The Morgan fingerprint density at radius 1 is 1.26 bits per heavy atom. The van der Waals surface area contributed by atoms with E-state index in [9.17, 15) is 0 Å². The van der Waals surface area contributed by atoms with Gasteiger partial charge in [-0.15, -0.1) is 0 Å². The highest BCUT2D eigenvalue weighted by Gasteiger charge is 2.35. The Hall–Kier alpha value is -1.24. The van der Waals surface area contributed by atoms with Crippen LogP contribution >= 0.6 is 11.6 Å². The van der Waals surface area contributed by atoms with Crippen molar-refractivity contribution in [2.24, 2.45) is 0 Å². The molecule has 0 amide bonds. The fraction of sp³-hybridized carbons (Fsp3) is 0.533. The molecule has 1 aromatic rings. The van der Waals surface area contributed by atoms with Crippen molar-refractivity contribution in [3.63, 3.8) is 0 Å². The molecule has 1 aromatic carbocycles. The van der Waals surface area contributed by atoms with E-state index < -0.39 is 0 Å². The number of hydrogen-bond acceptors (Lipinski definition) is 3. The van der Waals surface area contributed by atoms with Crippen LogP contribution in [0.1, 0.15) is 31.2 Å². The largest absolute Gasteiger partial charge is 0.381 e. The molecule has 2 aliphatic rings. The number of benzene rings is 1. The number of rotatable bonds is 2. The summed E-state index contributed by atoms with van der Waals surface area (Å²) in [5.41, 5.74) is 1.57. The van der Waals surface area contributed by atoms with Gasteiger partial charge >= 0.3 is 0 Å². The van der Waals surface area contributed by atoms with Crippen LogP contribution in [0.4, 0.5) is 5.69 Å². The zero-order chi connectivity index (χ0) is 13.2. The molecule has 2 aliphatic heterocycles. The molecular formula is C15H18ClN3. The van der Waals surface area contributed by atoms with E-state index in [2.05, 4.69) is 16.3 Å². The van der Waals surface area contributed by atoms with Gasteiger partial charge in [0, 0.05) is 24.3 Å². The Labute approximate surface area is 119 Å². The molecular weight excluding hydrogens is 258 g/mol. The second-order valence-corrected chi connectivity index (χ2v) is 5.85. The molecule has 0 saturated carbocycles. The van der Waals surface area contributed by atoms with Gasteiger partial charge in [-0.05, 0) is 44.0 Å². The molecule has 0 aromatic heterocycles. The highest BCUT2D eigenvalue weighted by atomic mass is 35.5. The number of fused-ring (bicyclic) bond motifs is 1. The molecule has 19 heavy (non-hydrogen) atoms. The number of nitrogens with one attached hydrogen (secondary N) is 1. The van der Waals surface area contributed by atoms with Crippen LogP contribution in [0.25, 0.3) is 0 Å². The summed E-state index contributed by atoms with van der Waals surface area (Å²) in [6.07, 6.45) is 5.17. The first-order chi connectivity index (χ1) is 9.28. The quantitative estimate of drug-likeness (QED) is 0.900. The number of piperidine rings is 1. The molecule has 100 valence electrons. The first kappa shape index (κ1) is 12.8. The topological polar surface area (TPSA) is 39.1 Å². The summed E-state index contributed by atoms with van der Waals surface area (Å²) in [4.78, 5) is 2.60. The maximum Gasteiger partial charge on any atom is 0.101 e. The van der Waals surface area contributed by atoms with Gasteiger partial charge in [0.15, 0.2) is 0 Å². The summed E-state index contributed by atoms with van der Waals surface area (Å²) >= 11 is 6.08. The van der Waals surface area contributed by atoms with Crippen LogP contribution in [0.2, 0.25) is 5.02 Å². The maximum absolute atomic E-state index is 8.89. The standard InChI is InChI=1S/C15H18ClN3/c16-13-9-12(5-4-11(13)10-17)18-14-6-8-19-7-2-1-3-15(14)19/h4-5,9,14-15,18H,1-3,6-8H2. The first-order valence-corrected chi connectivity index (χ1v) is 7.36. The van der Waals surface area contributed by atoms with E-state index in [0.29, 0.717) is 22.7 Å². The summed E-state index contributed by atoms with van der Waals surface area (Å²) in [5, 5.41) is 13.0. The van der Waals surface area contributed by atoms with Crippen molar-refractivity contribution < 1.29 is 0 Å². The number of halogens is 1. The lowest BCUT2D eigenvalue weighted by molar-refractivity contribution is 0.193. The average molecular weight is 276 g/mol. The maximum atomic E-state index is 8.89. The SMILES string of the molecule is N#Cc1ccc(NC2CCN3CCCCC23)cc1Cl. The number of anilines is 1. The Balaban J connectivity index is 1.71. The van der Waals surface area contributed by atoms with Crippen LogP contribution < -0.4 is 5.32 Å². The molecule has 2 unspecified atom stereocenters. The van der Waals surface area contributed by atoms with Gasteiger partial charge in [-0.1, -0.05) is 18.0 Å². The van der Waals surface area contributed by atoms with Gasteiger partial charge in [0.1, 0.15) is 6.07 Å². The molecule has 0 aliphatic carbocycles. The first-order valence-electron chi connectivity index (χ1n) is 6.98.